The van der Waals surface area contributed by atoms with Crippen LogP contribution < -0.4 is 10.1 Å². The molecule has 1 fully saturated rings. The lowest BCUT2D eigenvalue weighted by molar-refractivity contribution is -0.244. The van der Waals surface area contributed by atoms with E-state index in [9.17, 15) is 20.1 Å². The first-order valence-electron chi connectivity index (χ1n) is 6.74. The predicted octanol–water partition coefficient (Wildman–Crippen LogP) is -0.338. The number of carbonyl (C=O) groups excluding carboxylic acids is 1. The number of para-hydroxylation sites is 1. The predicted molar refractivity (Wildman–Crippen MR) is 77.4 cm³/mol. The Balaban J connectivity index is 2.23. The van der Waals surface area contributed by atoms with Gasteiger partial charge in [0.1, 0.15) is 30.1 Å². The van der Waals surface area contributed by atoms with Crippen molar-refractivity contribution in [2.24, 2.45) is 0 Å². The van der Waals surface area contributed by atoms with Gasteiger partial charge in [-0.25, -0.2) is 0 Å². The molecule has 1 aliphatic heterocycles. The van der Waals surface area contributed by atoms with Crippen molar-refractivity contribution in [3.63, 3.8) is 0 Å². The molecule has 0 aliphatic carbocycles. The van der Waals surface area contributed by atoms with Crippen molar-refractivity contribution in [3.05, 3.63) is 29.3 Å². The smallest absolute Gasteiger partial charge is 0.223 e. The number of rotatable bonds is 4. The van der Waals surface area contributed by atoms with E-state index in [-0.39, 0.29) is 0 Å². The minimum atomic E-state index is -1.36. The van der Waals surface area contributed by atoms with Crippen molar-refractivity contribution >= 4 is 17.5 Å². The van der Waals surface area contributed by atoms with Crippen LogP contribution in [0.5, 0.6) is 5.75 Å². The molecule has 1 aromatic rings. The molecular weight excluding hydrogens is 314 g/mol. The summed E-state index contributed by atoms with van der Waals surface area (Å²) in [6.45, 7) is 0.761. The topological polar surface area (TPSA) is 108 Å². The lowest BCUT2D eigenvalue weighted by atomic mass is 9.97. The van der Waals surface area contributed by atoms with E-state index in [0.29, 0.717) is 10.8 Å². The van der Waals surface area contributed by atoms with Gasteiger partial charge in [-0.3, -0.25) is 4.79 Å². The average molecular weight is 332 g/mol. The second-order valence-electron chi connectivity index (χ2n) is 4.98. The Hall–Kier alpha value is -1.38. The first-order valence-corrected chi connectivity index (χ1v) is 7.12. The van der Waals surface area contributed by atoms with Crippen LogP contribution in [0.2, 0.25) is 5.02 Å². The molecule has 0 aromatic heterocycles. The van der Waals surface area contributed by atoms with Crippen LogP contribution in [-0.2, 0) is 9.53 Å². The first-order chi connectivity index (χ1) is 10.4. The van der Waals surface area contributed by atoms with Gasteiger partial charge in [0.2, 0.25) is 12.2 Å². The molecule has 22 heavy (non-hydrogen) atoms. The van der Waals surface area contributed by atoms with Crippen LogP contribution >= 0.6 is 11.6 Å². The number of carbonyl (C=O) groups is 1. The Bertz CT molecular complexity index is 528. The molecule has 2 rings (SSSR count). The highest BCUT2D eigenvalue weighted by molar-refractivity contribution is 6.32. The van der Waals surface area contributed by atoms with Gasteiger partial charge in [0.05, 0.1) is 11.6 Å². The van der Waals surface area contributed by atoms with Gasteiger partial charge >= 0.3 is 0 Å². The lowest BCUT2D eigenvalue weighted by Gasteiger charge is -2.42. The van der Waals surface area contributed by atoms with Crippen molar-refractivity contribution in [2.75, 3.05) is 6.61 Å². The largest absolute Gasteiger partial charge is 0.461 e. The summed E-state index contributed by atoms with van der Waals surface area (Å²) in [6.07, 6.45) is -4.86. The van der Waals surface area contributed by atoms with E-state index >= 15 is 0 Å². The SMILES string of the molecule is CC(=O)N[C@H]1[C@@H](Oc2ccccc2Cl)O[C@@H](CO)[C@@H](O)[C@@H]1O. The van der Waals surface area contributed by atoms with Crippen molar-refractivity contribution < 1.29 is 29.6 Å². The van der Waals surface area contributed by atoms with Crippen molar-refractivity contribution in [3.8, 4) is 5.75 Å². The zero-order valence-electron chi connectivity index (χ0n) is 11.8. The van der Waals surface area contributed by atoms with Gasteiger partial charge in [-0.1, -0.05) is 23.7 Å². The van der Waals surface area contributed by atoms with E-state index in [1.165, 1.54) is 6.92 Å². The molecule has 5 atom stereocenters. The van der Waals surface area contributed by atoms with E-state index in [2.05, 4.69) is 5.32 Å². The fourth-order valence-electron chi connectivity index (χ4n) is 2.24. The molecule has 0 spiro atoms. The number of aliphatic hydroxyl groups is 3. The minimum absolute atomic E-state index is 0.296. The number of benzene rings is 1. The lowest BCUT2D eigenvalue weighted by Crippen LogP contribution is -2.65. The fourth-order valence-corrected chi connectivity index (χ4v) is 2.42. The molecule has 8 heteroatoms. The van der Waals surface area contributed by atoms with Gasteiger partial charge in [0, 0.05) is 6.92 Å². The van der Waals surface area contributed by atoms with E-state index < -0.39 is 43.2 Å². The number of halogens is 1. The summed E-state index contributed by atoms with van der Waals surface area (Å²) in [5.74, 6) is -0.125. The molecule has 0 radical (unpaired) electrons. The normalized spacial score (nSPS) is 31.6. The summed E-state index contributed by atoms with van der Waals surface area (Å²) in [5, 5.41) is 32.0. The maximum atomic E-state index is 11.3. The van der Waals surface area contributed by atoms with Crippen LogP contribution in [0.15, 0.2) is 24.3 Å². The van der Waals surface area contributed by atoms with E-state index in [1.54, 1.807) is 24.3 Å². The summed E-state index contributed by atoms with van der Waals surface area (Å²) in [5.41, 5.74) is 0. The number of aliphatic hydroxyl groups excluding tert-OH is 3. The minimum Gasteiger partial charge on any atom is -0.461 e. The molecule has 0 bridgehead atoms. The molecule has 4 N–H and O–H groups in total. The van der Waals surface area contributed by atoms with Crippen molar-refractivity contribution in [1.82, 2.24) is 5.32 Å². The number of nitrogens with one attached hydrogen (secondary N) is 1. The van der Waals surface area contributed by atoms with Crippen LogP contribution in [-0.4, -0.2) is 58.5 Å². The third-order valence-electron chi connectivity index (χ3n) is 3.33. The van der Waals surface area contributed by atoms with Crippen LogP contribution in [0, 0.1) is 0 Å². The van der Waals surface area contributed by atoms with Crippen molar-refractivity contribution in [2.45, 2.75) is 37.6 Å². The van der Waals surface area contributed by atoms with Gasteiger partial charge in [-0.05, 0) is 12.1 Å². The monoisotopic (exact) mass is 331 g/mol. The summed E-state index contributed by atoms with van der Waals surface area (Å²) in [4.78, 5) is 11.3. The first kappa shape index (κ1) is 17.0. The zero-order chi connectivity index (χ0) is 16.3. The van der Waals surface area contributed by atoms with Gasteiger partial charge in [-0.2, -0.15) is 0 Å². The maximum absolute atomic E-state index is 11.3. The second kappa shape index (κ2) is 7.26. The summed E-state index contributed by atoms with van der Waals surface area (Å²) in [7, 11) is 0. The van der Waals surface area contributed by atoms with Crippen molar-refractivity contribution in [1.29, 1.82) is 0 Å². The second-order valence-corrected chi connectivity index (χ2v) is 5.39. The molecule has 1 amide bonds. The highest BCUT2D eigenvalue weighted by Crippen LogP contribution is 2.28. The number of hydrogen-bond donors (Lipinski definition) is 4. The molecule has 7 nitrogen and oxygen atoms in total. The quantitative estimate of drug-likeness (QED) is 0.601. The molecule has 1 aliphatic rings. The Morgan fingerprint density at radius 1 is 1.36 bits per heavy atom. The van der Waals surface area contributed by atoms with Crippen LogP contribution in [0.3, 0.4) is 0 Å². The van der Waals surface area contributed by atoms with Gasteiger partial charge in [0.25, 0.3) is 0 Å². The van der Waals surface area contributed by atoms with E-state index in [0.717, 1.165) is 0 Å². The summed E-state index contributed by atoms with van der Waals surface area (Å²) >= 11 is 6.00. The molecule has 1 aromatic carbocycles. The van der Waals surface area contributed by atoms with E-state index in [4.69, 9.17) is 21.1 Å². The van der Waals surface area contributed by atoms with Crippen LogP contribution in [0.4, 0.5) is 0 Å². The number of ether oxygens (including phenoxy) is 2. The summed E-state index contributed by atoms with van der Waals surface area (Å²) in [6, 6.07) is 5.62. The Morgan fingerprint density at radius 3 is 2.64 bits per heavy atom. The molecular formula is C14H18ClNO6. The molecule has 1 saturated heterocycles. The highest BCUT2D eigenvalue weighted by atomic mass is 35.5. The highest BCUT2D eigenvalue weighted by Gasteiger charge is 2.46. The number of hydrogen-bond acceptors (Lipinski definition) is 6. The van der Waals surface area contributed by atoms with Crippen LogP contribution in [0.1, 0.15) is 6.92 Å². The maximum Gasteiger partial charge on any atom is 0.223 e. The summed E-state index contributed by atoms with van der Waals surface area (Å²) < 4.78 is 11.0. The molecule has 0 unspecified atom stereocenters. The third-order valence-corrected chi connectivity index (χ3v) is 3.64. The van der Waals surface area contributed by atoms with Crippen LogP contribution in [0.25, 0.3) is 0 Å². The Labute approximate surface area is 132 Å². The molecule has 0 saturated carbocycles. The fraction of sp³-hybridized carbons (Fsp3) is 0.500. The number of amides is 1. The third kappa shape index (κ3) is 3.68. The van der Waals surface area contributed by atoms with Gasteiger partial charge in [-0.15, -0.1) is 0 Å². The van der Waals surface area contributed by atoms with E-state index in [1.807, 2.05) is 0 Å². The Kier molecular flexibility index (Phi) is 5.60. The average Bonchev–Trinajstić information content (AvgIpc) is 2.48. The zero-order valence-corrected chi connectivity index (χ0v) is 12.6. The Morgan fingerprint density at radius 2 is 2.05 bits per heavy atom. The standard InChI is InChI=1S/C14H18ClNO6/c1-7(18)16-11-13(20)12(19)10(6-17)22-14(11)21-9-5-3-2-4-8(9)15/h2-5,10-14,17,19-20H,6H2,1H3,(H,16,18)/t10-,11+,12+,13+,14-/m0/s1. The van der Waals surface area contributed by atoms with Gasteiger partial charge in [0.15, 0.2) is 0 Å². The molecule has 122 valence electrons. The molecule has 1 heterocycles. The van der Waals surface area contributed by atoms with Gasteiger partial charge < -0.3 is 30.1 Å².